The van der Waals surface area contributed by atoms with E-state index in [-0.39, 0.29) is 11.3 Å². The van der Waals surface area contributed by atoms with Crippen molar-refractivity contribution >= 4 is 26.6 Å². The Morgan fingerprint density at radius 1 is 1.04 bits per heavy atom. The lowest BCUT2D eigenvalue weighted by molar-refractivity contribution is 0.0946. The van der Waals surface area contributed by atoms with Crippen molar-refractivity contribution in [3.8, 4) is 11.1 Å². The Labute approximate surface area is 155 Å². The minimum absolute atomic E-state index is 0.0485. The summed E-state index contributed by atoms with van der Waals surface area (Å²) >= 11 is 0. The second-order valence-corrected chi connectivity index (χ2v) is 8.35. The van der Waals surface area contributed by atoms with Crippen LogP contribution in [-0.2, 0) is 9.84 Å². The van der Waals surface area contributed by atoms with Gasteiger partial charge in [-0.3, -0.25) is 9.59 Å². The van der Waals surface area contributed by atoms with E-state index < -0.39 is 27.3 Å². The van der Waals surface area contributed by atoms with Crippen LogP contribution < -0.4 is 10.9 Å². The van der Waals surface area contributed by atoms with Crippen LogP contribution in [0.5, 0.6) is 0 Å². The van der Waals surface area contributed by atoms with Gasteiger partial charge in [-0.25, -0.2) is 8.42 Å². The predicted molar refractivity (Wildman–Crippen MR) is 104 cm³/mol. The van der Waals surface area contributed by atoms with E-state index in [1.165, 1.54) is 12.1 Å². The van der Waals surface area contributed by atoms with E-state index in [0.717, 1.165) is 16.5 Å². The molecule has 1 aliphatic rings. The van der Waals surface area contributed by atoms with Crippen LogP contribution in [0.2, 0.25) is 0 Å². The summed E-state index contributed by atoms with van der Waals surface area (Å²) in [6.07, 6.45) is 1.41. The van der Waals surface area contributed by atoms with Crippen LogP contribution in [0.1, 0.15) is 10.4 Å². The Hall–Kier alpha value is -3.19. The molecular formula is C20H16N2O4S. The lowest BCUT2D eigenvalue weighted by Crippen LogP contribution is -2.38. The molecule has 0 spiro atoms. The van der Waals surface area contributed by atoms with Gasteiger partial charge in [0.25, 0.3) is 11.5 Å². The number of benzene rings is 2. The van der Waals surface area contributed by atoms with Crippen LogP contribution in [0.4, 0.5) is 0 Å². The number of H-pyrrole nitrogens is 1. The van der Waals surface area contributed by atoms with Crippen molar-refractivity contribution in [2.24, 2.45) is 0 Å². The molecule has 0 fully saturated rings. The van der Waals surface area contributed by atoms with Crippen LogP contribution in [0.25, 0.3) is 22.0 Å². The summed E-state index contributed by atoms with van der Waals surface area (Å²) < 4.78 is 22.9. The molecule has 136 valence electrons. The molecule has 1 amide bonds. The molecule has 1 unspecified atom stereocenters. The van der Waals surface area contributed by atoms with E-state index >= 15 is 0 Å². The second kappa shape index (κ2) is 6.51. The third-order valence-corrected chi connectivity index (χ3v) is 5.84. The molecule has 0 saturated carbocycles. The molecule has 1 atom stereocenters. The van der Waals surface area contributed by atoms with Crippen molar-refractivity contribution in [3.63, 3.8) is 0 Å². The van der Waals surface area contributed by atoms with Crippen molar-refractivity contribution in [3.05, 3.63) is 82.0 Å². The molecule has 0 radical (unpaired) electrons. The molecule has 0 aliphatic carbocycles. The third kappa shape index (κ3) is 3.54. The number of aromatic nitrogens is 1. The van der Waals surface area contributed by atoms with Gasteiger partial charge >= 0.3 is 0 Å². The number of nitrogens with one attached hydrogen (secondary N) is 2. The summed E-state index contributed by atoms with van der Waals surface area (Å²) in [5.41, 5.74) is 2.04. The van der Waals surface area contributed by atoms with Gasteiger partial charge in [0.15, 0.2) is 9.84 Å². The Bertz CT molecular complexity index is 1230. The normalized spacial score (nSPS) is 17.9. The van der Waals surface area contributed by atoms with Crippen LogP contribution in [0.15, 0.2) is 70.9 Å². The maximum absolute atomic E-state index is 12.4. The number of hydrogen-bond donors (Lipinski definition) is 2. The highest BCUT2D eigenvalue weighted by Crippen LogP contribution is 2.23. The average Bonchev–Trinajstić information content (AvgIpc) is 2.99. The Balaban J connectivity index is 1.65. The molecule has 0 bridgehead atoms. The van der Waals surface area contributed by atoms with E-state index in [9.17, 15) is 18.0 Å². The summed E-state index contributed by atoms with van der Waals surface area (Å²) in [4.78, 5) is 27.5. The lowest BCUT2D eigenvalue weighted by atomic mass is 10.0. The summed E-state index contributed by atoms with van der Waals surface area (Å²) in [5.74, 6) is -0.790. The van der Waals surface area contributed by atoms with E-state index in [4.69, 9.17) is 0 Å². The standard InChI is InChI=1S/C20H16N2O4S/c23-19(21-16-8-9-27(25,26)12-16)17-10-15-7-6-14(11-18(15)22-20(17)24)13-4-2-1-3-5-13/h1-11,16H,12H2,(H,21,23)(H,22,24). The molecule has 2 heterocycles. The molecule has 2 N–H and O–H groups in total. The van der Waals surface area contributed by atoms with Gasteiger partial charge in [0.2, 0.25) is 0 Å². The van der Waals surface area contributed by atoms with Crippen LogP contribution in [-0.4, -0.2) is 31.1 Å². The molecule has 0 saturated heterocycles. The number of fused-ring (bicyclic) bond motifs is 1. The molecule has 4 rings (SSSR count). The molecule has 7 heteroatoms. The van der Waals surface area contributed by atoms with E-state index in [1.807, 2.05) is 48.5 Å². The number of carbonyl (C=O) groups is 1. The molecule has 3 aromatic rings. The van der Waals surface area contributed by atoms with Gasteiger partial charge in [0.1, 0.15) is 5.56 Å². The largest absolute Gasteiger partial charge is 0.345 e. The van der Waals surface area contributed by atoms with Crippen LogP contribution >= 0.6 is 0 Å². The summed E-state index contributed by atoms with van der Waals surface area (Å²) in [6, 6.07) is 16.3. The minimum Gasteiger partial charge on any atom is -0.345 e. The van der Waals surface area contributed by atoms with Crippen molar-refractivity contribution < 1.29 is 13.2 Å². The SMILES string of the molecule is O=C(NC1C=CS(=O)(=O)C1)c1cc2ccc(-c3ccccc3)cc2[nH]c1=O. The first-order valence-corrected chi connectivity index (χ1v) is 10.1. The molecule has 1 aliphatic heterocycles. The molecular weight excluding hydrogens is 364 g/mol. The Morgan fingerprint density at radius 3 is 2.52 bits per heavy atom. The van der Waals surface area contributed by atoms with E-state index in [1.54, 1.807) is 0 Å². The minimum atomic E-state index is -3.28. The first-order chi connectivity index (χ1) is 12.9. The highest BCUT2D eigenvalue weighted by molar-refractivity contribution is 7.94. The summed E-state index contributed by atoms with van der Waals surface area (Å²) in [5, 5.41) is 4.36. The van der Waals surface area contributed by atoms with Gasteiger partial charge in [0.05, 0.1) is 11.8 Å². The van der Waals surface area contributed by atoms with Crippen molar-refractivity contribution in [2.45, 2.75) is 6.04 Å². The smallest absolute Gasteiger partial charge is 0.261 e. The lowest BCUT2D eigenvalue weighted by Gasteiger charge is -2.10. The van der Waals surface area contributed by atoms with Gasteiger partial charge in [-0.05, 0) is 34.7 Å². The molecule has 1 aromatic heterocycles. The van der Waals surface area contributed by atoms with Gasteiger partial charge in [-0.15, -0.1) is 0 Å². The van der Waals surface area contributed by atoms with E-state index in [0.29, 0.717) is 10.9 Å². The Morgan fingerprint density at radius 2 is 1.81 bits per heavy atom. The van der Waals surface area contributed by atoms with E-state index in [2.05, 4.69) is 10.3 Å². The van der Waals surface area contributed by atoms with Crippen molar-refractivity contribution in [1.29, 1.82) is 0 Å². The highest BCUT2D eigenvalue weighted by Gasteiger charge is 2.24. The maximum atomic E-state index is 12.4. The van der Waals surface area contributed by atoms with Gasteiger partial charge < -0.3 is 10.3 Å². The molecule has 6 nitrogen and oxygen atoms in total. The van der Waals surface area contributed by atoms with Gasteiger partial charge in [0, 0.05) is 10.9 Å². The number of sulfone groups is 1. The van der Waals surface area contributed by atoms with Crippen molar-refractivity contribution in [2.75, 3.05) is 5.75 Å². The second-order valence-electron chi connectivity index (χ2n) is 6.42. The fourth-order valence-electron chi connectivity index (χ4n) is 3.09. The number of carbonyl (C=O) groups excluding carboxylic acids is 1. The zero-order valence-corrected chi connectivity index (χ0v) is 15.0. The quantitative estimate of drug-likeness (QED) is 0.728. The molecule has 2 aromatic carbocycles. The van der Waals surface area contributed by atoms with Gasteiger partial charge in [-0.2, -0.15) is 0 Å². The van der Waals surface area contributed by atoms with Crippen LogP contribution in [0.3, 0.4) is 0 Å². The summed E-state index contributed by atoms with van der Waals surface area (Å²) in [6.45, 7) is 0. The zero-order chi connectivity index (χ0) is 19.0. The molecule has 27 heavy (non-hydrogen) atoms. The Kier molecular flexibility index (Phi) is 4.16. The first kappa shape index (κ1) is 17.2. The van der Waals surface area contributed by atoms with Crippen LogP contribution in [0, 0.1) is 0 Å². The van der Waals surface area contributed by atoms with Gasteiger partial charge in [-0.1, -0.05) is 42.5 Å². The number of hydrogen-bond acceptors (Lipinski definition) is 4. The number of amides is 1. The number of pyridine rings is 1. The third-order valence-electron chi connectivity index (χ3n) is 4.44. The first-order valence-electron chi connectivity index (χ1n) is 8.36. The fourth-order valence-corrected chi connectivity index (χ4v) is 4.33. The van der Waals surface area contributed by atoms with Crippen molar-refractivity contribution in [1.82, 2.24) is 10.3 Å². The number of aromatic amines is 1. The zero-order valence-electron chi connectivity index (χ0n) is 14.2. The fraction of sp³-hybridized carbons (Fsp3) is 0.100. The maximum Gasteiger partial charge on any atom is 0.261 e. The summed E-state index contributed by atoms with van der Waals surface area (Å²) in [7, 11) is -3.28. The predicted octanol–water partition coefficient (Wildman–Crippen LogP) is 2.24. The highest BCUT2D eigenvalue weighted by atomic mass is 32.2. The number of rotatable bonds is 3. The topological polar surface area (TPSA) is 96.1 Å². The monoisotopic (exact) mass is 380 g/mol. The average molecular weight is 380 g/mol.